The Morgan fingerprint density at radius 2 is 1.90 bits per heavy atom. The van der Waals surface area contributed by atoms with E-state index < -0.39 is 0 Å². The molecule has 2 aromatic rings. The van der Waals surface area contributed by atoms with Crippen LogP contribution >= 0.6 is 0 Å². The Balaban J connectivity index is 2.26. The fourth-order valence-corrected chi connectivity index (χ4v) is 1.80. The highest BCUT2D eigenvalue weighted by Crippen LogP contribution is 2.26. The van der Waals surface area contributed by atoms with Crippen molar-refractivity contribution in [2.24, 2.45) is 10.9 Å². The minimum Gasteiger partial charge on any atom is -0.495 e. The standard InChI is InChI=1S/C15H15N3O3/c1-21-13-9-11(14(16)18-20)7-8-12(13)17-15(19)10-5-3-2-4-6-10/h2-9,20H,1H3,(H2,16,18)(H,17,19). The van der Waals surface area contributed by atoms with E-state index in [1.807, 2.05) is 6.07 Å². The molecule has 108 valence electrons. The van der Waals surface area contributed by atoms with Gasteiger partial charge in [-0.25, -0.2) is 0 Å². The maximum atomic E-state index is 12.1. The number of carbonyl (C=O) groups excluding carboxylic acids is 1. The van der Waals surface area contributed by atoms with Gasteiger partial charge in [-0.2, -0.15) is 0 Å². The third kappa shape index (κ3) is 3.30. The summed E-state index contributed by atoms with van der Waals surface area (Å²) in [5, 5.41) is 14.3. The van der Waals surface area contributed by atoms with E-state index in [-0.39, 0.29) is 11.7 Å². The number of hydrogen-bond donors (Lipinski definition) is 3. The van der Waals surface area contributed by atoms with E-state index in [9.17, 15) is 4.79 Å². The normalized spacial score (nSPS) is 11.0. The lowest BCUT2D eigenvalue weighted by atomic mass is 10.1. The molecule has 4 N–H and O–H groups in total. The molecule has 0 bridgehead atoms. The number of rotatable bonds is 4. The molecule has 0 fully saturated rings. The van der Waals surface area contributed by atoms with E-state index in [1.165, 1.54) is 7.11 Å². The lowest BCUT2D eigenvalue weighted by Gasteiger charge is -2.11. The minimum atomic E-state index is -0.245. The van der Waals surface area contributed by atoms with Crippen LogP contribution in [-0.4, -0.2) is 24.1 Å². The van der Waals surface area contributed by atoms with Crippen molar-refractivity contribution in [3.63, 3.8) is 0 Å². The molecule has 0 unspecified atom stereocenters. The van der Waals surface area contributed by atoms with Gasteiger partial charge in [-0.3, -0.25) is 4.79 Å². The number of nitrogens with two attached hydrogens (primary N) is 1. The van der Waals surface area contributed by atoms with Crippen LogP contribution in [0.3, 0.4) is 0 Å². The second-order valence-electron chi connectivity index (χ2n) is 4.22. The third-order valence-electron chi connectivity index (χ3n) is 2.89. The Labute approximate surface area is 121 Å². The van der Waals surface area contributed by atoms with Gasteiger partial charge in [-0.15, -0.1) is 0 Å². The lowest BCUT2D eigenvalue weighted by molar-refractivity contribution is 0.102. The molecular formula is C15H15N3O3. The first-order valence-corrected chi connectivity index (χ1v) is 6.18. The van der Waals surface area contributed by atoms with Crippen LogP contribution in [0.25, 0.3) is 0 Å². The van der Waals surface area contributed by atoms with E-state index in [4.69, 9.17) is 15.7 Å². The topological polar surface area (TPSA) is 96.9 Å². The molecule has 2 rings (SSSR count). The molecule has 0 saturated carbocycles. The maximum Gasteiger partial charge on any atom is 0.255 e. The van der Waals surface area contributed by atoms with E-state index in [1.54, 1.807) is 42.5 Å². The number of nitrogens with one attached hydrogen (secondary N) is 1. The molecule has 0 aliphatic carbocycles. The van der Waals surface area contributed by atoms with Gasteiger partial charge in [0.25, 0.3) is 5.91 Å². The van der Waals surface area contributed by atoms with Gasteiger partial charge < -0.3 is 21.0 Å². The fourth-order valence-electron chi connectivity index (χ4n) is 1.80. The van der Waals surface area contributed by atoms with Gasteiger partial charge in [0.05, 0.1) is 12.8 Å². The predicted octanol–water partition coefficient (Wildman–Crippen LogP) is 2.04. The summed E-state index contributed by atoms with van der Waals surface area (Å²) in [5.41, 5.74) is 7.05. The van der Waals surface area contributed by atoms with Crippen LogP contribution in [0.4, 0.5) is 5.69 Å². The predicted molar refractivity (Wildman–Crippen MR) is 79.9 cm³/mol. The van der Waals surface area contributed by atoms with Crippen LogP contribution < -0.4 is 15.8 Å². The van der Waals surface area contributed by atoms with E-state index >= 15 is 0 Å². The van der Waals surface area contributed by atoms with Gasteiger partial charge in [-0.05, 0) is 30.3 Å². The Morgan fingerprint density at radius 3 is 2.52 bits per heavy atom. The molecule has 1 amide bonds. The summed E-state index contributed by atoms with van der Waals surface area (Å²) in [4.78, 5) is 12.1. The Bertz CT molecular complexity index is 669. The molecule has 6 nitrogen and oxygen atoms in total. The monoisotopic (exact) mass is 285 g/mol. The van der Waals surface area contributed by atoms with Crippen molar-refractivity contribution < 1.29 is 14.7 Å². The Morgan fingerprint density at radius 1 is 1.19 bits per heavy atom. The third-order valence-corrected chi connectivity index (χ3v) is 2.89. The van der Waals surface area contributed by atoms with Crippen molar-refractivity contribution in [1.29, 1.82) is 0 Å². The lowest BCUT2D eigenvalue weighted by Crippen LogP contribution is -2.15. The number of anilines is 1. The molecule has 0 aliphatic heterocycles. The summed E-state index contributed by atoms with van der Waals surface area (Å²) in [6, 6.07) is 13.7. The number of nitrogens with zero attached hydrogens (tertiary/aromatic N) is 1. The summed E-state index contributed by atoms with van der Waals surface area (Å²) in [7, 11) is 1.48. The van der Waals surface area contributed by atoms with Crippen molar-refractivity contribution in [3.05, 3.63) is 59.7 Å². The first-order valence-electron chi connectivity index (χ1n) is 6.18. The average molecular weight is 285 g/mol. The van der Waals surface area contributed by atoms with Crippen LogP contribution in [0.5, 0.6) is 5.75 Å². The van der Waals surface area contributed by atoms with Crippen LogP contribution in [-0.2, 0) is 0 Å². The number of amidine groups is 1. The van der Waals surface area contributed by atoms with Crippen molar-refractivity contribution in [2.75, 3.05) is 12.4 Å². The first-order chi connectivity index (χ1) is 10.2. The number of ether oxygens (including phenoxy) is 1. The molecule has 0 aliphatic rings. The number of oxime groups is 1. The van der Waals surface area contributed by atoms with Gasteiger partial charge >= 0.3 is 0 Å². The van der Waals surface area contributed by atoms with Crippen LogP contribution in [0.15, 0.2) is 53.7 Å². The summed E-state index contributed by atoms with van der Waals surface area (Å²) < 4.78 is 5.21. The molecular weight excluding hydrogens is 270 g/mol. The number of amides is 1. The van der Waals surface area contributed by atoms with Gasteiger partial charge in [0.15, 0.2) is 5.84 Å². The summed E-state index contributed by atoms with van der Waals surface area (Å²) in [6.45, 7) is 0. The number of hydrogen-bond acceptors (Lipinski definition) is 4. The van der Waals surface area contributed by atoms with Crippen LogP contribution in [0.2, 0.25) is 0 Å². The summed E-state index contributed by atoms with van der Waals surface area (Å²) in [6.07, 6.45) is 0. The molecule has 0 spiro atoms. The molecule has 0 radical (unpaired) electrons. The highest BCUT2D eigenvalue weighted by Gasteiger charge is 2.11. The second-order valence-corrected chi connectivity index (χ2v) is 4.22. The molecule has 2 aromatic carbocycles. The van der Waals surface area contributed by atoms with Gasteiger partial charge in [0, 0.05) is 11.1 Å². The molecule has 0 aromatic heterocycles. The first kappa shape index (κ1) is 14.4. The molecule has 0 atom stereocenters. The number of carbonyl (C=O) groups is 1. The molecule has 6 heteroatoms. The largest absolute Gasteiger partial charge is 0.495 e. The van der Waals surface area contributed by atoms with Gasteiger partial charge in [-0.1, -0.05) is 23.4 Å². The van der Waals surface area contributed by atoms with Crippen molar-refractivity contribution in [3.8, 4) is 5.75 Å². The van der Waals surface area contributed by atoms with E-state index in [0.717, 1.165) is 0 Å². The van der Waals surface area contributed by atoms with Crippen molar-refractivity contribution >= 4 is 17.4 Å². The fraction of sp³-hybridized carbons (Fsp3) is 0.0667. The summed E-state index contributed by atoms with van der Waals surface area (Å²) in [5.74, 6) is 0.142. The van der Waals surface area contributed by atoms with Crippen LogP contribution in [0.1, 0.15) is 15.9 Å². The minimum absolute atomic E-state index is 0.0331. The summed E-state index contributed by atoms with van der Waals surface area (Å²) >= 11 is 0. The Hall–Kier alpha value is -3.02. The number of benzene rings is 2. The number of methoxy groups -OCH3 is 1. The van der Waals surface area contributed by atoms with E-state index in [0.29, 0.717) is 22.6 Å². The molecule has 21 heavy (non-hydrogen) atoms. The van der Waals surface area contributed by atoms with Crippen molar-refractivity contribution in [1.82, 2.24) is 0 Å². The smallest absolute Gasteiger partial charge is 0.255 e. The van der Waals surface area contributed by atoms with Gasteiger partial charge in [0.2, 0.25) is 0 Å². The zero-order valence-corrected chi connectivity index (χ0v) is 11.4. The van der Waals surface area contributed by atoms with Crippen LogP contribution in [0, 0.1) is 0 Å². The maximum absolute atomic E-state index is 12.1. The molecule has 0 saturated heterocycles. The highest BCUT2D eigenvalue weighted by atomic mass is 16.5. The van der Waals surface area contributed by atoms with Gasteiger partial charge in [0.1, 0.15) is 5.75 Å². The Kier molecular flexibility index (Phi) is 4.40. The highest BCUT2D eigenvalue weighted by molar-refractivity contribution is 6.05. The second kappa shape index (κ2) is 6.42. The van der Waals surface area contributed by atoms with E-state index in [2.05, 4.69) is 10.5 Å². The average Bonchev–Trinajstić information content (AvgIpc) is 2.55. The van der Waals surface area contributed by atoms with Crippen molar-refractivity contribution in [2.45, 2.75) is 0 Å². The SMILES string of the molecule is COc1cc(/C(N)=N/O)ccc1NC(=O)c1ccccc1. The zero-order valence-electron chi connectivity index (χ0n) is 11.4. The molecule has 0 heterocycles. The quantitative estimate of drug-likeness (QED) is 0.346. The zero-order chi connectivity index (χ0) is 15.2.